The Morgan fingerprint density at radius 2 is 1.83 bits per heavy atom. The Balaban J connectivity index is 2.13. The van der Waals surface area contributed by atoms with Crippen molar-refractivity contribution in [2.24, 2.45) is 11.3 Å². The molecule has 1 heterocycles. The normalized spacial score (nSPS) is 27.2. The molecule has 0 radical (unpaired) electrons. The van der Waals surface area contributed by atoms with Crippen LogP contribution in [0.1, 0.15) is 59.3 Å². The molecule has 1 atom stereocenters. The summed E-state index contributed by atoms with van der Waals surface area (Å²) in [6, 6.07) is 0. The van der Waals surface area contributed by atoms with Crippen molar-refractivity contribution >= 4 is 11.9 Å². The number of amides is 1. The van der Waals surface area contributed by atoms with E-state index in [0.717, 1.165) is 32.4 Å². The van der Waals surface area contributed by atoms with E-state index in [-0.39, 0.29) is 23.2 Å². The lowest BCUT2D eigenvalue weighted by molar-refractivity contribution is -0.157. The highest BCUT2D eigenvalue weighted by molar-refractivity contribution is 5.89. The minimum absolute atomic E-state index is 0.00361. The second-order valence-corrected chi connectivity index (χ2v) is 7.88. The van der Waals surface area contributed by atoms with Gasteiger partial charge in [0.05, 0.1) is 6.61 Å². The van der Waals surface area contributed by atoms with E-state index in [1.807, 2.05) is 14.0 Å². The highest BCUT2D eigenvalue weighted by Gasteiger charge is 2.46. The van der Waals surface area contributed by atoms with Crippen LogP contribution < -0.4 is 5.32 Å². The maximum absolute atomic E-state index is 12.9. The third-order valence-electron chi connectivity index (χ3n) is 5.69. The molecule has 1 aliphatic carbocycles. The third kappa shape index (κ3) is 4.06. The molecule has 0 unspecified atom stereocenters. The zero-order valence-corrected chi connectivity index (χ0v) is 15.1. The van der Waals surface area contributed by atoms with E-state index in [9.17, 15) is 9.59 Å². The number of nitrogens with zero attached hydrogens (tertiary/aromatic N) is 1. The molecular formula is C18H32N2O3. The van der Waals surface area contributed by atoms with Crippen LogP contribution in [-0.2, 0) is 14.3 Å². The molecule has 0 aromatic carbocycles. The molecule has 0 aromatic heterocycles. The minimum atomic E-state index is -0.840. The number of piperidine rings is 1. The lowest BCUT2D eigenvalue weighted by Crippen LogP contribution is -2.62. The molecule has 1 saturated carbocycles. The van der Waals surface area contributed by atoms with Crippen LogP contribution >= 0.6 is 0 Å². The van der Waals surface area contributed by atoms with Crippen molar-refractivity contribution in [3.63, 3.8) is 0 Å². The van der Waals surface area contributed by atoms with E-state index in [1.54, 1.807) is 0 Å². The molecule has 0 bridgehead atoms. The van der Waals surface area contributed by atoms with Crippen LogP contribution in [0.2, 0.25) is 0 Å². The lowest BCUT2D eigenvalue weighted by Gasteiger charge is -2.43. The van der Waals surface area contributed by atoms with Crippen molar-refractivity contribution in [1.82, 2.24) is 10.2 Å². The molecule has 23 heavy (non-hydrogen) atoms. The van der Waals surface area contributed by atoms with Crippen molar-refractivity contribution in [1.29, 1.82) is 0 Å². The fourth-order valence-corrected chi connectivity index (χ4v) is 3.95. The largest absolute Gasteiger partial charge is 0.464 e. The van der Waals surface area contributed by atoms with Gasteiger partial charge in [-0.05, 0) is 45.1 Å². The van der Waals surface area contributed by atoms with Crippen LogP contribution in [0.4, 0.5) is 0 Å². The molecule has 1 aliphatic heterocycles. The predicted octanol–water partition coefficient (Wildman–Crippen LogP) is 2.35. The smallest absolute Gasteiger partial charge is 0.331 e. The predicted molar refractivity (Wildman–Crippen MR) is 90.0 cm³/mol. The van der Waals surface area contributed by atoms with Crippen molar-refractivity contribution in [3.05, 3.63) is 0 Å². The van der Waals surface area contributed by atoms with Gasteiger partial charge in [-0.1, -0.05) is 26.7 Å². The number of hydrogen-bond donors (Lipinski definition) is 1. The third-order valence-corrected chi connectivity index (χ3v) is 5.69. The number of ether oxygens (including phenoxy) is 1. The van der Waals surface area contributed by atoms with E-state index < -0.39 is 5.54 Å². The fraction of sp³-hybridized carbons (Fsp3) is 0.889. The number of carbonyl (C=O) groups is 2. The summed E-state index contributed by atoms with van der Waals surface area (Å²) in [5, 5.41) is 3.12. The molecule has 2 rings (SSSR count). The number of nitrogens with one attached hydrogen (secondary N) is 1. The molecule has 5 heteroatoms. The number of carbonyl (C=O) groups excluding carboxylic acids is 2. The van der Waals surface area contributed by atoms with Crippen LogP contribution in [0.3, 0.4) is 0 Å². The van der Waals surface area contributed by atoms with Crippen molar-refractivity contribution < 1.29 is 14.3 Å². The maximum atomic E-state index is 12.9. The summed E-state index contributed by atoms with van der Waals surface area (Å²) < 4.78 is 5.29. The topological polar surface area (TPSA) is 58.6 Å². The molecule has 2 fully saturated rings. The summed E-state index contributed by atoms with van der Waals surface area (Å²) in [5.41, 5.74) is -0.837. The quantitative estimate of drug-likeness (QED) is 0.807. The van der Waals surface area contributed by atoms with Gasteiger partial charge < -0.3 is 15.0 Å². The van der Waals surface area contributed by atoms with Crippen LogP contribution in [0.15, 0.2) is 0 Å². The van der Waals surface area contributed by atoms with E-state index in [0.29, 0.717) is 19.4 Å². The Kier molecular flexibility index (Phi) is 5.71. The zero-order chi connectivity index (χ0) is 17.1. The Morgan fingerprint density at radius 1 is 1.17 bits per heavy atom. The number of hydrogen-bond acceptors (Lipinski definition) is 4. The van der Waals surface area contributed by atoms with Crippen LogP contribution in [0, 0.1) is 11.3 Å². The maximum Gasteiger partial charge on any atom is 0.331 e. The summed E-state index contributed by atoms with van der Waals surface area (Å²) in [6.45, 7) is 8.10. The van der Waals surface area contributed by atoms with E-state index in [1.165, 1.54) is 6.42 Å². The van der Waals surface area contributed by atoms with Gasteiger partial charge in [0, 0.05) is 19.0 Å². The van der Waals surface area contributed by atoms with Crippen LogP contribution in [0.25, 0.3) is 0 Å². The van der Waals surface area contributed by atoms with Gasteiger partial charge in [-0.2, -0.15) is 0 Å². The van der Waals surface area contributed by atoms with E-state index in [4.69, 9.17) is 4.74 Å². The van der Waals surface area contributed by atoms with Gasteiger partial charge in [0.15, 0.2) is 0 Å². The van der Waals surface area contributed by atoms with Crippen molar-refractivity contribution in [3.8, 4) is 0 Å². The lowest BCUT2D eigenvalue weighted by atomic mass is 9.68. The molecule has 1 amide bonds. The van der Waals surface area contributed by atoms with Crippen molar-refractivity contribution in [2.75, 3.05) is 26.7 Å². The van der Waals surface area contributed by atoms with Crippen LogP contribution in [-0.4, -0.2) is 49.1 Å². The number of likely N-dealkylation sites (tertiary alicyclic amines) is 1. The summed E-state index contributed by atoms with van der Waals surface area (Å²) in [5.74, 6) is -0.246. The number of rotatable bonds is 4. The summed E-state index contributed by atoms with van der Waals surface area (Å²) in [6.07, 6.45) is 5.52. The Morgan fingerprint density at radius 3 is 2.39 bits per heavy atom. The molecule has 1 N–H and O–H groups in total. The second kappa shape index (κ2) is 7.20. The van der Waals surface area contributed by atoms with Gasteiger partial charge in [0.1, 0.15) is 5.54 Å². The molecule has 132 valence electrons. The Bertz CT molecular complexity index is 440. The van der Waals surface area contributed by atoms with Crippen molar-refractivity contribution in [2.45, 2.75) is 64.8 Å². The molecule has 2 aliphatic rings. The zero-order valence-electron chi connectivity index (χ0n) is 15.1. The summed E-state index contributed by atoms with van der Waals surface area (Å²) in [7, 11) is 2.04. The first-order valence-corrected chi connectivity index (χ1v) is 8.98. The first-order valence-electron chi connectivity index (χ1n) is 8.98. The highest BCUT2D eigenvalue weighted by atomic mass is 16.5. The standard InChI is InChI=1S/C18H32N2O3/c1-5-23-16(22)18(10-12-20(4)13-11-18)19-15(21)14-8-6-7-9-17(14,2)3/h14H,5-13H2,1-4H3,(H,19,21)/t14-/m0/s1. The van der Waals surface area contributed by atoms with Gasteiger partial charge in [0.2, 0.25) is 5.91 Å². The van der Waals surface area contributed by atoms with E-state index >= 15 is 0 Å². The fourth-order valence-electron chi connectivity index (χ4n) is 3.95. The van der Waals surface area contributed by atoms with Gasteiger partial charge in [-0.3, -0.25) is 4.79 Å². The SMILES string of the molecule is CCOC(=O)C1(NC(=O)[C@@H]2CCCCC2(C)C)CCN(C)CC1. The Hall–Kier alpha value is -1.10. The molecular weight excluding hydrogens is 292 g/mol. The second-order valence-electron chi connectivity index (χ2n) is 7.88. The van der Waals surface area contributed by atoms with Gasteiger partial charge in [-0.15, -0.1) is 0 Å². The summed E-state index contributed by atoms with van der Waals surface area (Å²) >= 11 is 0. The average molecular weight is 324 g/mol. The molecule has 5 nitrogen and oxygen atoms in total. The van der Waals surface area contributed by atoms with Gasteiger partial charge >= 0.3 is 5.97 Å². The molecule has 0 aromatic rings. The monoisotopic (exact) mass is 324 g/mol. The van der Waals surface area contributed by atoms with Gasteiger partial charge in [0.25, 0.3) is 0 Å². The Labute approximate surface area is 140 Å². The van der Waals surface area contributed by atoms with Crippen LogP contribution in [0.5, 0.6) is 0 Å². The van der Waals surface area contributed by atoms with E-state index in [2.05, 4.69) is 24.1 Å². The average Bonchev–Trinajstić information content (AvgIpc) is 2.49. The minimum Gasteiger partial charge on any atom is -0.464 e. The molecule has 0 spiro atoms. The first kappa shape index (κ1) is 18.2. The summed E-state index contributed by atoms with van der Waals surface area (Å²) in [4.78, 5) is 27.7. The highest BCUT2D eigenvalue weighted by Crippen LogP contribution is 2.41. The molecule has 1 saturated heterocycles. The van der Waals surface area contributed by atoms with Gasteiger partial charge in [-0.25, -0.2) is 4.79 Å². The number of esters is 1. The first-order chi connectivity index (χ1) is 10.8.